The first kappa shape index (κ1) is 11.8. The molecule has 0 fully saturated rings. The van der Waals surface area contributed by atoms with Crippen LogP contribution in [0, 0.1) is 5.82 Å². The van der Waals surface area contributed by atoms with Crippen LogP contribution >= 0.6 is 0 Å². The summed E-state index contributed by atoms with van der Waals surface area (Å²) in [6, 6.07) is 6.57. The first-order valence-corrected chi connectivity index (χ1v) is 5.80. The lowest BCUT2D eigenvalue weighted by molar-refractivity contribution is 0.533. The smallest absolute Gasteiger partial charge is 0.128 e. The van der Waals surface area contributed by atoms with Gasteiger partial charge in [0.25, 0.3) is 0 Å². The van der Waals surface area contributed by atoms with E-state index in [0.29, 0.717) is 5.56 Å². The van der Waals surface area contributed by atoms with Crippen LogP contribution in [0.1, 0.15) is 30.8 Å². The Morgan fingerprint density at radius 1 is 1.41 bits per heavy atom. The van der Waals surface area contributed by atoms with E-state index in [9.17, 15) is 4.39 Å². The Labute approximate surface area is 100 Å². The second-order valence-electron chi connectivity index (χ2n) is 3.88. The molecule has 1 heterocycles. The van der Waals surface area contributed by atoms with E-state index in [-0.39, 0.29) is 11.9 Å². The van der Waals surface area contributed by atoms with Gasteiger partial charge < -0.3 is 10.3 Å². The highest BCUT2D eigenvalue weighted by Gasteiger charge is 2.18. The number of benzene rings is 1. The summed E-state index contributed by atoms with van der Waals surface area (Å²) in [6.45, 7) is 2.90. The number of aromatic amines is 1. The topological polar surface area (TPSA) is 40.7 Å². The number of H-pyrrole nitrogens is 1. The predicted octanol–water partition coefficient (Wildman–Crippen LogP) is 2.64. The second kappa shape index (κ2) is 5.59. The summed E-state index contributed by atoms with van der Waals surface area (Å²) in [5.74, 6) is 0.529. The van der Waals surface area contributed by atoms with Crippen molar-refractivity contribution in [3.8, 4) is 0 Å². The summed E-state index contributed by atoms with van der Waals surface area (Å²) in [5, 5.41) is 3.30. The zero-order valence-corrected chi connectivity index (χ0v) is 9.78. The van der Waals surface area contributed by atoms with Crippen LogP contribution in [0.4, 0.5) is 4.39 Å². The van der Waals surface area contributed by atoms with Crippen LogP contribution < -0.4 is 5.32 Å². The molecule has 0 spiro atoms. The molecule has 0 aliphatic carbocycles. The van der Waals surface area contributed by atoms with Crippen molar-refractivity contribution in [3.63, 3.8) is 0 Å². The molecule has 4 heteroatoms. The SMILES string of the molecule is CCCNC(c1ncc[nH]1)c1ccccc1F. The number of halogens is 1. The van der Waals surface area contributed by atoms with Crippen molar-refractivity contribution in [2.24, 2.45) is 0 Å². The quantitative estimate of drug-likeness (QED) is 0.833. The minimum absolute atomic E-state index is 0.211. The normalized spacial score (nSPS) is 12.6. The maximum atomic E-state index is 13.8. The number of aromatic nitrogens is 2. The van der Waals surface area contributed by atoms with E-state index in [1.165, 1.54) is 6.07 Å². The van der Waals surface area contributed by atoms with Crippen molar-refractivity contribution in [3.05, 3.63) is 53.9 Å². The van der Waals surface area contributed by atoms with Crippen LogP contribution in [0.3, 0.4) is 0 Å². The Morgan fingerprint density at radius 3 is 2.88 bits per heavy atom. The number of imidazole rings is 1. The molecule has 0 radical (unpaired) electrons. The molecule has 3 nitrogen and oxygen atoms in total. The van der Waals surface area contributed by atoms with Crippen LogP contribution in [0.25, 0.3) is 0 Å². The van der Waals surface area contributed by atoms with Gasteiger partial charge in [-0.05, 0) is 19.0 Å². The number of rotatable bonds is 5. The van der Waals surface area contributed by atoms with Crippen LogP contribution in [-0.2, 0) is 0 Å². The average molecular weight is 233 g/mol. The Hall–Kier alpha value is -1.68. The van der Waals surface area contributed by atoms with Crippen molar-refractivity contribution in [2.75, 3.05) is 6.54 Å². The number of nitrogens with zero attached hydrogens (tertiary/aromatic N) is 1. The molecule has 1 aromatic heterocycles. The molecular weight excluding hydrogens is 217 g/mol. The molecule has 0 aliphatic rings. The van der Waals surface area contributed by atoms with Gasteiger partial charge in [-0.3, -0.25) is 0 Å². The first-order chi connectivity index (χ1) is 8.33. The summed E-state index contributed by atoms with van der Waals surface area (Å²) in [5.41, 5.74) is 0.621. The fourth-order valence-electron chi connectivity index (χ4n) is 1.79. The second-order valence-corrected chi connectivity index (χ2v) is 3.88. The van der Waals surface area contributed by atoms with Gasteiger partial charge in [-0.2, -0.15) is 0 Å². The Morgan fingerprint density at radius 2 is 2.24 bits per heavy atom. The Bertz CT molecular complexity index is 453. The molecule has 90 valence electrons. The lowest BCUT2D eigenvalue weighted by Gasteiger charge is -2.17. The first-order valence-electron chi connectivity index (χ1n) is 5.80. The lowest BCUT2D eigenvalue weighted by atomic mass is 10.1. The van der Waals surface area contributed by atoms with E-state index in [2.05, 4.69) is 22.2 Å². The molecule has 0 bridgehead atoms. The molecule has 1 aromatic carbocycles. The highest BCUT2D eigenvalue weighted by Crippen LogP contribution is 2.21. The molecule has 0 saturated carbocycles. The van der Waals surface area contributed by atoms with Crippen LogP contribution in [-0.4, -0.2) is 16.5 Å². The van der Waals surface area contributed by atoms with Gasteiger partial charge in [0.05, 0.1) is 6.04 Å². The van der Waals surface area contributed by atoms with E-state index >= 15 is 0 Å². The van der Waals surface area contributed by atoms with Crippen molar-refractivity contribution in [1.29, 1.82) is 0 Å². The molecular formula is C13H16FN3. The monoisotopic (exact) mass is 233 g/mol. The van der Waals surface area contributed by atoms with Crippen LogP contribution in [0.5, 0.6) is 0 Å². The standard InChI is InChI=1S/C13H16FN3/c1-2-7-15-12(13-16-8-9-17-13)10-5-3-4-6-11(10)14/h3-6,8-9,12,15H,2,7H2,1H3,(H,16,17). The summed E-state index contributed by atoms with van der Waals surface area (Å²) in [7, 11) is 0. The molecule has 17 heavy (non-hydrogen) atoms. The molecule has 1 unspecified atom stereocenters. The molecule has 2 rings (SSSR count). The van der Waals surface area contributed by atoms with Gasteiger partial charge in [0.15, 0.2) is 0 Å². The minimum atomic E-state index is -0.217. The van der Waals surface area contributed by atoms with Gasteiger partial charge in [-0.25, -0.2) is 9.37 Å². The zero-order chi connectivity index (χ0) is 12.1. The van der Waals surface area contributed by atoms with E-state index in [1.807, 2.05) is 6.07 Å². The number of nitrogens with one attached hydrogen (secondary N) is 2. The average Bonchev–Trinajstić information content (AvgIpc) is 2.85. The van der Waals surface area contributed by atoms with E-state index < -0.39 is 0 Å². The summed E-state index contributed by atoms with van der Waals surface area (Å²) in [4.78, 5) is 7.23. The zero-order valence-electron chi connectivity index (χ0n) is 9.78. The van der Waals surface area contributed by atoms with Gasteiger partial charge in [0.1, 0.15) is 11.6 Å². The highest BCUT2D eigenvalue weighted by molar-refractivity contribution is 5.26. The van der Waals surface area contributed by atoms with Crippen LogP contribution in [0.2, 0.25) is 0 Å². The molecule has 0 saturated heterocycles. The van der Waals surface area contributed by atoms with Gasteiger partial charge in [-0.1, -0.05) is 25.1 Å². The summed E-state index contributed by atoms with van der Waals surface area (Å²) < 4.78 is 13.8. The maximum absolute atomic E-state index is 13.8. The Kier molecular flexibility index (Phi) is 3.88. The predicted molar refractivity (Wildman–Crippen MR) is 65.1 cm³/mol. The third kappa shape index (κ3) is 2.71. The minimum Gasteiger partial charge on any atom is -0.347 e. The van der Waals surface area contributed by atoms with E-state index in [0.717, 1.165) is 18.8 Å². The fraction of sp³-hybridized carbons (Fsp3) is 0.308. The van der Waals surface area contributed by atoms with Gasteiger partial charge >= 0.3 is 0 Å². The van der Waals surface area contributed by atoms with Crippen LogP contribution in [0.15, 0.2) is 36.7 Å². The third-order valence-electron chi connectivity index (χ3n) is 2.61. The molecule has 1 atom stereocenters. The molecule has 0 aliphatic heterocycles. The largest absolute Gasteiger partial charge is 0.347 e. The highest BCUT2D eigenvalue weighted by atomic mass is 19.1. The van der Waals surface area contributed by atoms with E-state index in [1.54, 1.807) is 24.5 Å². The summed E-state index contributed by atoms with van der Waals surface area (Å²) >= 11 is 0. The third-order valence-corrected chi connectivity index (χ3v) is 2.61. The van der Waals surface area contributed by atoms with E-state index in [4.69, 9.17) is 0 Å². The van der Waals surface area contributed by atoms with Crippen molar-refractivity contribution >= 4 is 0 Å². The molecule has 2 aromatic rings. The van der Waals surface area contributed by atoms with Crippen molar-refractivity contribution in [2.45, 2.75) is 19.4 Å². The summed E-state index contributed by atoms with van der Waals surface area (Å²) in [6.07, 6.45) is 4.42. The van der Waals surface area contributed by atoms with Gasteiger partial charge in [-0.15, -0.1) is 0 Å². The molecule has 2 N–H and O–H groups in total. The maximum Gasteiger partial charge on any atom is 0.128 e. The fourth-order valence-corrected chi connectivity index (χ4v) is 1.79. The lowest BCUT2D eigenvalue weighted by Crippen LogP contribution is -2.25. The Balaban J connectivity index is 2.30. The molecule has 0 amide bonds. The number of hydrogen-bond acceptors (Lipinski definition) is 2. The van der Waals surface area contributed by atoms with Gasteiger partial charge in [0, 0.05) is 18.0 Å². The number of hydrogen-bond donors (Lipinski definition) is 2. The van der Waals surface area contributed by atoms with Crippen molar-refractivity contribution in [1.82, 2.24) is 15.3 Å². The van der Waals surface area contributed by atoms with Gasteiger partial charge in [0.2, 0.25) is 0 Å². The van der Waals surface area contributed by atoms with Crippen molar-refractivity contribution < 1.29 is 4.39 Å².